The van der Waals surface area contributed by atoms with Gasteiger partial charge in [-0.3, -0.25) is 4.79 Å². The summed E-state index contributed by atoms with van der Waals surface area (Å²) in [5.41, 5.74) is 2.11. The first-order valence-electron chi connectivity index (χ1n) is 10.7. The predicted molar refractivity (Wildman–Crippen MR) is 125 cm³/mol. The molecule has 0 aromatic heterocycles. The first-order chi connectivity index (χ1) is 15.7. The van der Waals surface area contributed by atoms with Gasteiger partial charge in [0.2, 0.25) is 15.9 Å². The van der Waals surface area contributed by atoms with Crippen LogP contribution in [-0.2, 0) is 30.8 Å². The number of morpholine rings is 1. The zero-order valence-electron chi connectivity index (χ0n) is 19.0. The van der Waals surface area contributed by atoms with Crippen LogP contribution in [0, 0.1) is 5.92 Å². The van der Waals surface area contributed by atoms with Gasteiger partial charge in [0.25, 0.3) is 0 Å². The highest BCUT2D eigenvalue weighted by molar-refractivity contribution is 7.89. The molecule has 2 N–H and O–H groups in total. The first kappa shape index (κ1) is 24.7. The van der Waals surface area contributed by atoms with Gasteiger partial charge in [0.1, 0.15) is 0 Å². The molecule has 0 radical (unpaired) electrons. The van der Waals surface area contributed by atoms with Crippen molar-refractivity contribution in [3.63, 3.8) is 0 Å². The summed E-state index contributed by atoms with van der Waals surface area (Å²) in [6.45, 7) is 5.18. The number of amides is 1. The molecule has 0 atom stereocenters. The number of nitrogens with one attached hydrogen (secondary N) is 2. The molecule has 0 unspecified atom stereocenters. The number of hydrogen-bond acceptors (Lipinski definition) is 7. The van der Waals surface area contributed by atoms with E-state index in [4.69, 9.17) is 9.47 Å². The van der Waals surface area contributed by atoms with Crippen LogP contribution in [0.2, 0.25) is 0 Å². The molecule has 3 rings (SSSR count). The number of benzene rings is 2. The molecule has 0 saturated carbocycles. The highest BCUT2D eigenvalue weighted by Crippen LogP contribution is 2.25. The van der Waals surface area contributed by atoms with Gasteiger partial charge in [-0.15, -0.1) is 0 Å². The third kappa shape index (κ3) is 6.10. The molecule has 1 heterocycles. The summed E-state index contributed by atoms with van der Waals surface area (Å²) in [6, 6.07) is 11.7. The van der Waals surface area contributed by atoms with Gasteiger partial charge in [0.15, 0.2) is 0 Å². The average Bonchev–Trinajstić information content (AvgIpc) is 2.82. The van der Waals surface area contributed by atoms with E-state index in [1.165, 1.54) is 23.5 Å². The molecule has 1 fully saturated rings. The van der Waals surface area contributed by atoms with Crippen LogP contribution in [0.15, 0.2) is 47.4 Å². The molecule has 1 amide bonds. The standard InChI is InChI=1S/C23H29N3O6S/c1-16(2)22(27)25-18-6-4-5-17(13-18)15-24-21-8-7-19(14-20(21)23(28)31-3)33(29,30)26-9-11-32-12-10-26/h4-8,13-14,16,24H,9-12,15H2,1-3H3,(H,25,27). The number of nitrogens with zero attached hydrogens (tertiary/aromatic N) is 1. The summed E-state index contributed by atoms with van der Waals surface area (Å²) in [5, 5.41) is 6.02. The van der Waals surface area contributed by atoms with E-state index in [9.17, 15) is 18.0 Å². The van der Waals surface area contributed by atoms with Crippen molar-refractivity contribution in [3.8, 4) is 0 Å². The fourth-order valence-corrected chi connectivity index (χ4v) is 4.73. The van der Waals surface area contributed by atoms with Gasteiger partial charge < -0.3 is 20.1 Å². The Balaban J connectivity index is 1.81. The number of methoxy groups -OCH3 is 1. The van der Waals surface area contributed by atoms with Crippen molar-refractivity contribution in [1.29, 1.82) is 0 Å². The molecule has 1 aliphatic heterocycles. The number of esters is 1. The monoisotopic (exact) mass is 475 g/mol. The molecular weight excluding hydrogens is 446 g/mol. The normalized spacial score (nSPS) is 14.7. The lowest BCUT2D eigenvalue weighted by atomic mass is 10.1. The van der Waals surface area contributed by atoms with Gasteiger partial charge in [0, 0.05) is 36.9 Å². The average molecular weight is 476 g/mol. The Bertz CT molecular complexity index is 1110. The summed E-state index contributed by atoms with van der Waals surface area (Å²) < 4.78 is 37.4. The second-order valence-corrected chi connectivity index (χ2v) is 9.85. The van der Waals surface area contributed by atoms with Crippen LogP contribution in [-0.4, -0.2) is 58.0 Å². The lowest BCUT2D eigenvalue weighted by molar-refractivity contribution is -0.118. The molecule has 10 heteroatoms. The summed E-state index contributed by atoms with van der Waals surface area (Å²) in [7, 11) is -2.51. The molecule has 0 bridgehead atoms. The van der Waals surface area contributed by atoms with Crippen molar-refractivity contribution in [2.45, 2.75) is 25.3 Å². The van der Waals surface area contributed by atoms with E-state index in [1.54, 1.807) is 12.1 Å². The van der Waals surface area contributed by atoms with E-state index in [0.717, 1.165) is 5.56 Å². The molecule has 33 heavy (non-hydrogen) atoms. The number of anilines is 2. The second-order valence-electron chi connectivity index (χ2n) is 7.91. The van der Waals surface area contributed by atoms with E-state index in [1.807, 2.05) is 32.0 Å². The van der Waals surface area contributed by atoms with Crippen LogP contribution in [0.4, 0.5) is 11.4 Å². The van der Waals surface area contributed by atoms with Gasteiger partial charge in [0.05, 0.1) is 30.8 Å². The minimum absolute atomic E-state index is 0.0220. The molecule has 1 saturated heterocycles. The fraction of sp³-hybridized carbons (Fsp3) is 0.391. The maximum atomic E-state index is 13.0. The topological polar surface area (TPSA) is 114 Å². The van der Waals surface area contributed by atoms with Crippen molar-refractivity contribution in [2.24, 2.45) is 5.92 Å². The Hall–Kier alpha value is -2.95. The third-order valence-electron chi connectivity index (χ3n) is 5.21. The number of carbonyl (C=O) groups is 2. The molecule has 0 aliphatic carbocycles. The number of rotatable bonds is 8. The van der Waals surface area contributed by atoms with E-state index >= 15 is 0 Å². The Labute approximate surface area is 194 Å². The smallest absolute Gasteiger partial charge is 0.340 e. The van der Waals surface area contributed by atoms with Crippen LogP contribution < -0.4 is 10.6 Å². The van der Waals surface area contributed by atoms with Crippen molar-refractivity contribution in [1.82, 2.24) is 4.31 Å². The summed E-state index contributed by atoms with van der Waals surface area (Å²) >= 11 is 0. The van der Waals surface area contributed by atoms with Gasteiger partial charge in [-0.1, -0.05) is 26.0 Å². The summed E-state index contributed by atoms with van der Waals surface area (Å²) in [6.07, 6.45) is 0. The highest BCUT2D eigenvalue weighted by Gasteiger charge is 2.28. The lowest BCUT2D eigenvalue weighted by Gasteiger charge is -2.26. The van der Waals surface area contributed by atoms with Crippen molar-refractivity contribution >= 4 is 33.3 Å². The zero-order valence-corrected chi connectivity index (χ0v) is 19.8. The number of hydrogen-bond donors (Lipinski definition) is 2. The second kappa shape index (κ2) is 10.8. The zero-order chi connectivity index (χ0) is 24.0. The van der Waals surface area contributed by atoms with Gasteiger partial charge >= 0.3 is 5.97 Å². The molecule has 1 aliphatic rings. The molecule has 2 aromatic rings. The number of carbonyl (C=O) groups excluding carboxylic acids is 2. The minimum Gasteiger partial charge on any atom is -0.465 e. The molecule has 9 nitrogen and oxygen atoms in total. The van der Waals surface area contributed by atoms with Crippen LogP contribution in [0.5, 0.6) is 0 Å². The van der Waals surface area contributed by atoms with Crippen LogP contribution >= 0.6 is 0 Å². The Kier molecular flexibility index (Phi) is 8.06. The predicted octanol–water partition coefficient (Wildman–Crippen LogP) is 2.70. The highest BCUT2D eigenvalue weighted by atomic mass is 32.2. The largest absolute Gasteiger partial charge is 0.465 e. The Morgan fingerprint density at radius 3 is 2.52 bits per heavy atom. The van der Waals surface area contributed by atoms with Crippen molar-refractivity contribution < 1.29 is 27.5 Å². The molecule has 0 spiro atoms. The Morgan fingerprint density at radius 2 is 1.85 bits per heavy atom. The fourth-order valence-electron chi connectivity index (χ4n) is 3.30. The van der Waals surface area contributed by atoms with Gasteiger partial charge in [-0.05, 0) is 35.9 Å². The maximum Gasteiger partial charge on any atom is 0.340 e. The molecular formula is C23H29N3O6S. The minimum atomic E-state index is -3.76. The van der Waals surface area contributed by atoms with Crippen molar-refractivity contribution in [2.75, 3.05) is 44.0 Å². The van der Waals surface area contributed by atoms with Crippen LogP contribution in [0.25, 0.3) is 0 Å². The maximum absolute atomic E-state index is 13.0. The van der Waals surface area contributed by atoms with Crippen molar-refractivity contribution in [3.05, 3.63) is 53.6 Å². The van der Waals surface area contributed by atoms with E-state index in [-0.39, 0.29) is 35.4 Å². The number of sulfonamides is 1. The quantitative estimate of drug-likeness (QED) is 0.564. The van der Waals surface area contributed by atoms with E-state index in [2.05, 4.69) is 10.6 Å². The molecule has 2 aromatic carbocycles. The SMILES string of the molecule is COC(=O)c1cc(S(=O)(=O)N2CCOCC2)ccc1NCc1cccc(NC(=O)C(C)C)c1. The summed E-state index contributed by atoms with van der Waals surface area (Å²) in [4.78, 5) is 24.4. The van der Waals surface area contributed by atoms with Crippen LogP contribution in [0.1, 0.15) is 29.8 Å². The van der Waals surface area contributed by atoms with E-state index in [0.29, 0.717) is 31.1 Å². The van der Waals surface area contributed by atoms with Crippen LogP contribution in [0.3, 0.4) is 0 Å². The number of ether oxygens (including phenoxy) is 2. The first-order valence-corrected chi connectivity index (χ1v) is 12.1. The summed E-state index contributed by atoms with van der Waals surface area (Å²) in [5.74, 6) is -0.860. The molecule has 178 valence electrons. The Morgan fingerprint density at radius 1 is 1.12 bits per heavy atom. The van der Waals surface area contributed by atoms with E-state index < -0.39 is 16.0 Å². The van der Waals surface area contributed by atoms with Gasteiger partial charge in [-0.2, -0.15) is 4.31 Å². The van der Waals surface area contributed by atoms with Gasteiger partial charge in [-0.25, -0.2) is 13.2 Å². The lowest BCUT2D eigenvalue weighted by Crippen LogP contribution is -2.40. The third-order valence-corrected chi connectivity index (χ3v) is 7.10.